The summed E-state index contributed by atoms with van der Waals surface area (Å²) in [5.74, 6) is 0.193. The predicted octanol–water partition coefficient (Wildman–Crippen LogP) is 1.64. The number of hydrogen-bond acceptors (Lipinski definition) is 4. The lowest BCUT2D eigenvalue weighted by atomic mass is 9.84. The molecule has 0 radical (unpaired) electrons. The summed E-state index contributed by atoms with van der Waals surface area (Å²) in [6.07, 6.45) is 3.08. The maximum absolute atomic E-state index is 13.0. The van der Waals surface area contributed by atoms with E-state index < -0.39 is 10.0 Å². The Morgan fingerprint density at radius 2 is 1.57 bits per heavy atom. The zero-order valence-corrected chi connectivity index (χ0v) is 17.9. The zero-order valence-electron chi connectivity index (χ0n) is 17.1. The fraction of sp³-hybridized carbons (Fsp3) is 0.600. The summed E-state index contributed by atoms with van der Waals surface area (Å²) < 4.78 is 26.4. The summed E-state index contributed by atoms with van der Waals surface area (Å²) in [5.41, 5.74) is 1.80. The molecule has 0 aromatic heterocycles. The highest BCUT2D eigenvalue weighted by Gasteiger charge is 2.32. The number of sulfonamides is 1. The van der Waals surface area contributed by atoms with E-state index in [1.54, 1.807) is 17.9 Å². The van der Waals surface area contributed by atoms with Crippen molar-refractivity contribution < 1.29 is 18.0 Å². The normalized spacial score (nSPS) is 18.3. The van der Waals surface area contributed by atoms with E-state index in [4.69, 9.17) is 0 Å². The number of carbonyl (C=O) groups excluding carboxylic acids is 2. The van der Waals surface area contributed by atoms with Crippen molar-refractivity contribution in [2.75, 3.05) is 40.3 Å². The first-order valence-electron chi connectivity index (χ1n) is 9.74. The Kier molecular flexibility index (Phi) is 5.82. The SMILES string of the molecule is Cc1cc(C(=O)N2CCN(C(=O)C3CCC3)CC2)cc(S(=O)(=O)N(C)C)c1C. The molecule has 0 spiro atoms. The lowest BCUT2D eigenvalue weighted by Crippen LogP contribution is -2.52. The number of benzene rings is 1. The van der Waals surface area contributed by atoms with Gasteiger partial charge in [0, 0.05) is 51.8 Å². The summed E-state index contributed by atoms with van der Waals surface area (Å²) in [4.78, 5) is 29.1. The van der Waals surface area contributed by atoms with Crippen LogP contribution in [0.1, 0.15) is 40.7 Å². The highest BCUT2D eigenvalue weighted by atomic mass is 32.2. The molecule has 0 unspecified atom stereocenters. The van der Waals surface area contributed by atoms with E-state index in [0.29, 0.717) is 37.3 Å². The van der Waals surface area contributed by atoms with Crippen LogP contribution < -0.4 is 0 Å². The number of carbonyl (C=O) groups is 2. The van der Waals surface area contributed by atoms with Crippen LogP contribution in [0.25, 0.3) is 0 Å². The van der Waals surface area contributed by atoms with Crippen molar-refractivity contribution >= 4 is 21.8 Å². The van der Waals surface area contributed by atoms with Crippen LogP contribution in [0.2, 0.25) is 0 Å². The average Bonchev–Trinajstić information content (AvgIpc) is 2.61. The number of piperazine rings is 1. The van der Waals surface area contributed by atoms with Crippen LogP contribution in [0, 0.1) is 19.8 Å². The van der Waals surface area contributed by atoms with Crippen LogP contribution in [0.5, 0.6) is 0 Å². The minimum absolute atomic E-state index is 0.166. The predicted molar refractivity (Wildman–Crippen MR) is 107 cm³/mol. The third-order valence-corrected chi connectivity index (χ3v) is 7.90. The van der Waals surface area contributed by atoms with Crippen molar-refractivity contribution in [1.29, 1.82) is 0 Å². The van der Waals surface area contributed by atoms with E-state index in [0.717, 1.165) is 29.1 Å². The average molecular weight is 408 g/mol. The summed E-state index contributed by atoms with van der Waals surface area (Å²) in [6, 6.07) is 3.23. The molecule has 8 heteroatoms. The topological polar surface area (TPSA) is 78.0 Å². The first-order chi connectivity index (χ1) is 13.1. The second-order valence-electron chi connectivity index (χ2n) is 7.95. The van der Waals surface area contributed by atoms with E-state index in [2.05, 4.69) is 0 Å². The van der Waals surface area contributed by atoms with E-state index in [1.807, 2.05) is 11.8 Å². The van der Waals surface area contributed by atoms with Gasteiger partial charge in [-0.2, -0.15) is 0 Å². The Morgan fingerprint density at radius 1 is 1.00 bits per heavy atom. The highest BCUT2D eigenvalue weighted by Crippen LogP contribution is 2.29. The van der Waals surface area contributed by atoms with Crippen molar-refractivity contribution in [2.45, 2.75) is 38.0 Å². The molecular weight excluding hydrogens is 378 g/mol. The van der Waals surface area contributed by atoms with Gasteiger partial charge in [-0.1, -0.05) is 6.42 Å². The van der Waals surface area contributed by atoms with Gasteiger partial charge in [0.1, 0.15) is 0 Å². The van der Waals surface area contributed by atoms with Crippen molar-refractivity contribution in [3.05, 3.63) is 28.8 Å². The summed E-state index contributed by atoms with van der Waals surface area (Å²) >= 11 is 0. The molecule has 1 aliphatic carbocycles. The van der Waals surface area contributed by atoms with Crippen LogP contribution in [0.4, 0.5) is 0 Å². The number of nitrogens with zero attached hydrogens (tertiary/aromatic N) is 3. The van der Waals surface area contributed by atoms with E-state index in [-0.39, 0.29) is 22.6 Å². The Hall–Kier alpha value is -1.93. The second-order valence-corrected chi connectivity index (χ2v) is 10.1. The van der Waals surface area contributed by atoms with Crippen molar-refractivity contribution in [3.8, 4) is 0 Å². The van der Waals surface area contributed by atoms with Gasteiger partial charge in [0.2, 0.25) is 15.9 Å². The largest absolute Gasteiger partial charge is 0.339 e. The molecule has 3 rings (SSSR count). The monoisotopic (exact) mass is 407 g/mol. The second kappa shape index (κ2) is 7.83. The van der Waals surface area contributed by atoms with Crippen molar-refractivity contribution in [1.82, 2.24) is 14.1 Å². The molecular formula is C20H29N3O4S. The maximum atomic E-state index is 13.0. The molecule has 0 atom stereocenters. The van der Waals surface area contributed by atoms with Gasteiger partial charge in [-0.05, 0) is 49.9 Å². The quantitative estimate of drug-likeness (QED) is 0.760. The molecule has 1 aromatic carbocycles. The Morgan fingerprint density at radius 3 is 2.07 bits per heavy atom. The van der Waals surface area contributed by atoms with Gasteiger partial charge >= 0.3 is 0 Å². The molecule has 1 heterocycles. The lowest BCUT2D eigenvalue weighted by molar-refractivity contribution is -0.139. The third-order valence-electron chi connectivity index (χ3n) is 5.96. The number of hydrogen-bond donors (Lipinski definition) is 0. The fourth-order valence-corrected chi connectivity index (χ4v) is 4.86. The van der Waals surface area contributed by atoms with Gasteiger partial charge < -0.3 is 9.80 Å². The minimum atomic E-state index is -3.63. The molecule has 1 aliphatic heterocycles. The molecule has 0 N–H and O–H groups in total. The van der Waals surface area contributed by atoms with E-state index in [1.165, 1.54) is 20.2 Å². The molecule has 7 nitrogen and oxygen atoms in total. The fourth-order valence-electron chi connectivity index (χ4n) is 3.64. The standard InChI is InChI=1S/C20H29N3O4S/c1-14-12-17(13-18(15(14)2)28(26,27)21(3)4)20(25)23-10-8-22(9-11-23)19(24)16-6-5-7-16/h12-13,16H,5-11H2,1-4H3. The van der Waals surface area contributed by atoms with Gasteiger partial charge in [-0.3, -0.25) is 9.59 Å². The minimum Gasteiger partial charge on any atom is -0.339 e. The third kappa shape index (κ3) is 3.80. The van der Waals surface area contributed by atoms with Gasteiger partial charge in [0.25, 0.3) is 5.91 Å². The molecule has 1 aromatic rings. The van der Waals surface area contributed by atoms with Crippen LogP contribution in [-0.4, -0.2) is 74.6 Å². The molecule has 0 bridgehead atoms. The molecule has 2 amide bonds. The number of amides is 2. The van der Waals surface area contributed by atoms with E-state index >= 15 is 0 Å². The summed E-state index contributed by atoms with van der Waals surface area (Å²) in [7, 11) is -0.667. The number of aryl methyl sites for hydroxylation is 1. The first-order valence-corrected chi connectivity index (χ1v) is 11.2. The van der Waals surface area contributed by atoms with Gasteiger partial charge in [-0.25, -0.2) is 12.7 Å². The Bertz CT molecular complexity index is 883. The van der Waals surface area contributed by atoms with E-state index in [9.17, 15) is 18.0 Å². The summed E-state index contributed by atoms with van der Waals surface area (Å²) in [6.45, 7) is 5.59. The Labute approximate surface area is 167 Å². The molecule has 154 valence electrons. The molecule has 1 saturated heterocycles. The number of rotatable bonds is 4. The van der Waals surface area contributed by atoms with Crippen LogP contribution >= 0.6 is 0 Å². The van der Waals surface area contributed by atoms with Crippen LogP contribution in [-0.2, 0) is 14.8 Å². The molecule has 2 aliphatic rings. The first kappa shape index (κ1) is 20.8. The molecule has 28 heavy (non-hydrogen) atoms. The van der Waals surface area contributed by atoms with Crippen molar-refractivity contribution in [3.63, 3.8) is 0 Å². The maximum Gasteiger partial charge on any atom is 0.254 e. The zero-order chi connectivity index (χ0) is 20.6. The Balaban J connectivity index is 1.76. The van der Waals surface area contributed by atoms with Crippen molar-refractivity contribution in [2.24, 2.45) is 5.92 Å². The lowest BCUT2D eigenvalue weighted by Gasteiger charge is -2.38. The van der Waals surface area contributed by atoms with Gasteiger partial charge in [0.05, 0.1) is 4.90 Å². The molecule has 1 saturated carbocycles. The highest BCUT2D eigenvalue weighted by molar-refractivity contribution is 7.89. The van der Waals surface area contributed by atoms with Crippen LogP contribution in [0.15, 0.2) is 17.0 Å². The molecule has 2 fully saturated rings. The van der Waals surface area contributed by atoms with Gasteiger partial charge in [0.15, 0.2) is 0 Å². The van der Waals surface area contributed by atoms with Crippen LogP contribution in [0.3, 0.4) is 0 Å². The summed E-state index contributed by atoms with van der Waals surface area (Å²) in [5, 5.41) is 0. The van der Waals surface area contributed by atoms with Gasteiger partial charge in [-0.15, -0.1) is 0 Å². The smallest absolute Gasteiger partial charge is 0.254 e.